The van der Waals surface area contributed by atoms with Gasteiger partial charge in [-0.1, -0.05) is 13.0 Å². The molecular weight excluding hydrogens is 314 g/mol. The fourth-order valence-corrected chi connectivity index (χ4v) is 3.22. The zero-order valence-electron chi connectivity index (χ0n) is 13.0. The van der Waals surface area contributed by atoms with Crippen molar-refractivity contribution in [3.05, 3.63) is 53.1 Å². The maximum Gasteiger partial charge on any atom is 0.254 e. The van der Waals surface area contributed by atoms with Crippen LogP contribution in [-0.4, -0.2) is 35.4 Å². The molecule has 0 radical (unpaired) electrons. The van der Waals surface area contributed by atoms with Gasteiger partial charge < -0.3 is 4.90 Å². The lowest BCUT2D eigenvalue weighted by Crippen LogP contribution is -2.25. The summed E-state index contributed by atoms with van der Waals surface area (Å²) in [5.41, 5.74) is 2.17. The third-order valence-corrected chi connectivity index (χ3v) is 4.93. The van der Waals surface area contributed by atoms with E-state index in [1.807, 2.05) is 6.92 Å². The van der Waals surface area contributed by atoms with Crippen LogP contribution in [0.1, 0.15) is 34.4 Å². The molecule has 3 rings (SSSR count). The smallest absolute Gasteiger partial charge is 0.254 e. The second-order valence-electron chi connectivity index (χ2n) is 5.57. The minimum absolute atomic E-state index is 0.146. The fourth-order valence-electron chi connectivity index (χ4n) is 2.55. The van der Waals surface area contributed by atoms with Crippen molar-refractivity contribution >= 4 is 15.7 Å². The van der Waals surface area contributed by atoms with Crippen molar-refractivity contribution in [2.75, 3.05) is 6.26 Å². The fraction of sp³-hybridized carbons (Fsp3) is 0.312. The molecule has 0 spiro atoms. The molecule has 7 heteroatoms. The first-order chi connectivity index (χ1) is 10.9. The molecular formula is C16H17N3O3S. The molecule has 120 valence electrons. The van der Waals surface area contributed by atoms with Crippen LogP contribution in [0.15, 0.2) is 35.4 Å². The Kier molecular flexibility index (Phi) is 3.89. The molecule has 0 bridgehead atoms. The van der Waals surface area contributed by atoms with Crippen molar-refractivity contribution in [3.63, 3.8) is 0 Å². The highest BCUT2D eigenvalue weighted by molar-refractivity contribution is 7.90. The highest BCUT2D eigenvalue weighted by atomic mass is 32.2. The third-order valence-electron chi connectivity index (χ3n) is 3.82. The predicted octanol–water partition coefficient (Wildman–Crippen LogP) is 1.60. The van der Waals surface area contributed by atoms with Gasteiger partial charge in [0.2, 0.25) is 0 Å². The molecule has 0 atom stereocenters. The first-order valence-corrected chi connectivity index (χ1v) is 9.20. The van der Waals surface area contributed by atoms with Crippen LogP contribution in [0.2, 0.25) is 0 Å². The van der Waals surface area contributed by atoms with E-state index in [-0.39, 0.29) is 10.8 Å². The normalized spacial score (nSPS) is 13.9. The second-order valence-corrected chi connectivity index (χ2v) is 7.59. The SMILES string of the molecule is CCc1ncc2c(n1)CN(C(=O)c1cccc(S(C)(=O)=O)c1)C2. The van der Waals surface area contributed by atoms with Crippen molar-refractivity contribution in [1.29, 1.82) is 0 Å². The molecule has 0 saturated heterocycles. The average molecular weight is 331 g/mol. The molecule has 23 heavy (non-hydrogen) atoms. The predicted molar refractivity (Wildman–Crippen MR) is 84.5 cm³/mol. The van der Waals surface area contributed by atoms with Gasteiger partial charge in [0, 0.05) is 36.5 Å². The van der Waals surface area contributed by atoms with E-state index in [4.69, 9.17) is 0 Å². The van der Waals surface area contributed by atoms with E-state index in [0.717, 1.165) is 29.8 Å². The van der Waals surface area contributed by atoms with E-state index < -0.39 is 9.84 Å². The number of hydrogen-bond donors (Lipinski definition) is 0. The second kappa shape index (κ2) is 5.73. The number of amides is 1. The Morgan fingerprint density at radius 1 is 1.30 bits per heavy atom. The Morgan fingerprint density at radius 3 is 2.78 bits per heavy atom. The van der Waals surface area contributed by atoms with Crippen LogP contribution < -0.4 is 0 Å². The van der Waals surface area contributed by atoms with Crippen LogP contribution >= 0.6 is 0 Å². The molecule has 0 N–H and O–H groups in total. The minimum Gasteiger partial charge on any atom is -0.328 e. The van der Waals surface area contributed by atoms with E-state index in [0.29, 0.717) is 18.7 Å². The highest BCUT2D eigenvalue weighted by Gasteiger charge is 2.26. The molecule has 1 aromatic carbocycles. The van der Waals surface area contributed by atoms with E-state index in [1.165, 1.54) is 12.1 Å². The lowest BCUT2D eigenvalue weighted by molar-refractivity contribution is 0.0750. The lowest BCUT2D eigenvalue weighted by Gasteiger charge is -2.15. The van der Waals surface area contributed by atoms with Crippen LogP contribution in [0.25, 0.3) is 0 Å². The lowest BCUT2D eigenvalue weighted by atomic mass is 10.2. The third kappa shape index (κ3) is 3.10. The van der Waals surface area contributed by atoms with Gasteiger partial charge in [-0.05, 0) is 18.2 Å². The van der Waals surface area contributed by atoms with Crippen molar-refractivity contribution in [1.82, 2.24) is 14.9 Å². The van der Waals surface area contributed by atoms with Gasteiger partial charge in [0.1, 0.15) is 5.82 Å². The van der Waals surface area contributed by atoms with Gasteiger partial charge in [0.25, 0.3) is 5.91 Å². The van der Waals surface area contributed by atoms with E-state index in [2.05, 4.69) is 9.97 Å². The Morgan fingerprint density at radius 2 is 2.09 bits per heavy atom. The molecule has 0 fully saturated rings. The molecule has 1 aliphatic heterocycles. The van der Waals surface area contributed by atoms with Gasteiger partial charge in [-0.2, -0.15) is 0 Å². The summed E-state index contributed by atoms with van der Waals surface area (Å²) in [6.45, 7) is 2.85. The van der Waals surface area contributed by atoms with Crippen molar-refractivity contribution in [2.24, 2.45) is 0 Å². The molecule has 1 amide bonds. The molecule has 1 aromatic heterocycles. The summed E-state index contributed by atoms with van der Waals surface area (Å²) in [6, 6.07) is 6.12. The zero-order chi connectivity index (χ0) is 16.6. The van der Waals surface area contributed by atoms with E-state index in [1.54, 1.807) is 23.2 Å². The number of rotatable bonds is 3. The minimum atomic E-state index is -3.34. The van der Waals surface area contributed by atoms with Crippen molar-refractivity contribution < 1.29 is 13.2 Å². The summed E-state index contributed by atoms with van der Waals surface area (Å²) in [5.74, 6) is 0.559. The number of aromatic nitrogens is 2. The number of fused-ring (bicyclic) bond motifs is 1. The van der Waals surface area contributed by atoms with Crippen LogP contribution in [0, 0.1) is 0 Å². The van der Waals surface area contributed by atoms with Crippen LogP contribution in [-0.2, 0) is 29.3 Å². The van der Waals surface area contributed by atoms with Crippen molar-refractivity contribution in [3.8, 4) is 0 Å². The average Bonchev–Trinajstić information content (AvgIpc) is 2.96. The van der Waals surface area contributed by atoms with Crippen molar-refractivity contribution in [2.45, 2.75) is 31.3 Å². The molecule has 2 aromatic rings. The summed E-state index contributed by atoms with van der Waals surface area (Å²) < 4.78 is 23.3. The molecule has 0 saturated carbocycles. The number of carbonyl (C=O) groups excluding carboxylic acids is 1. The summed E-state index contributed by atoms with van der Waals surface area (Å²) in [6.07, 6.45) is 3.64. The standard InChI is InChI=1S/C16H17N3O3S/c1-3-15-17-8-12-9-19(10-14(12)18-15)16(20)11-5-4-6-13(7-11)23(2,21)22/h4-8H,3,9-10H2,1-2H3. The Hall–Kier alpha value is -2.28. The molecule has 2 heterocycles. The number of aryl methyl sites for hydroxylation is 1. The molecule has 1 aliphatic rings. The zero-order valence-corrected chi connectivity index (χ0v) is 13.8. The van der Waals surface area contributed by atoms with Crippen LogP contribution in [0.5, 0.6) is 0 Å². The number of nitrogens with zero attached hydrogens (tertiary/aromatic N) is 3. The monoisotopic (exact) mass is 331 g/mol. The van der Waals surface area contributed by atoms with Gasteiger partial charge >= 0.3 is 0 Å². The van der Waals surface area contributed by atoms with Crippen LogP contribution in [0.4, 0.5) is 0 Å². The number of benzene rings is 1. The van der Waals surface area contributed by atoms with Crippen LogP contribution in [0.3, 0.4) is 0 Å². The first kappa shape index (κ1) is 15.6. The summed E-state index contributed by atoms with van der Waals surface area (Å²) in [5, 5.41) is 0. The summed E-state index contributed by atoms with van der Waals surface area (Å²) in [7, 11) is -3.34. The Balaban J connectivity index is 1.86. The number of hydrogen-bond acceptors (Lipinski definition) is 5. The summed E-state index contributed by atoms with van der Waals surface area (Å²) >= 11 is 0. The molecule has 0 unspecified atom stereocenters. The molecule has 6 nitrogen and oxygen atoms in total. The van der Waals surface area contributed by atoms with Gasteiger partial charge in [0.05, 0.1) is 17.1 Å². The number of carbonyl (C=O) groups is 1. The van der Waals surface area contributed by atoms with Gasteiger partial charge in [-0.3, -0.25) is 4.79 Å². The summed E-state index contributed by atoms with van der Waals surface area (Å²) in [4.78, 5) is 23.1. The van der Waals surface area contributed by atoms with E-state index in [9.17, 15) is 13.2 Å². The molecule has 0 aliphatic carbocycles. The maximum absolute atomic E-state index is 12.6. The largest absolute Gasteiger partial charge is 0.328 e. The quantitative estimate of drug-likeness (QED) is 0.853. The van der Waals surface area contributed by atoms with E-state index >= 15 is 0 Å². The number of sulfone groups is 1. The maximum atomic E-state index is 12.6. The Bertz CT molecular complexity index is 878. The van der Waals surface area contributed by atoms with Gasteiger partial charge in [-0.15, -0.1) is 0 Å². The highest BCUT2D eigenvalue weighted by Crippen LogP contribution is 2.23. The Labute approximate surface area is 135 Å². The van der Waals surface area contributed by atoms with Gasteiger partial charge in [-0.25, -0.2) is 18.4 Å². The first-order valence-electron chi connectivity index (χ1n) is 7.31. The topological polar surface area (TPSA) is 80.2 Å². The van der Waals surface area contributed by atoms with Gasteiger partial charge in [0.15, 0.2) is 9.84 Å².